The molecule has 4 unspecified atom stereocenters. The molecule has 0 aliphatic rings. The number of hydrogen-bond donors (Lipinski definition) is 7. The van der Waals surface area contributed by atoms with Crippen molar-refractivity contribution in [1.29, 1.82) is 0 Å². The number of nitrogens with two attached hydrogens (primary N) is 1. The zero-order valence-corrected chi connectivity index (χ0v) is 16.3. The van der Waals surface area contributed by atoms with Gasteiger partial charge >= 0.3 is 5.97 Å². The van der Waals surface area contributed by atoms with Gasteiger partial charge in [-0.15, -0.1) is 0 Å². The van der Waals surface area contributed by atoms with Crippen molar-refractivity contribution in [2.75, 3.05) is 0 Å². The fourth-order valence-corrected chi connectivity index (χ4v) is 2.65. The van der Waals surface area contributed by atoms with Crippen LogP contribution in [0.4, 0.5) is 0 Å². The van der Waals surface area contributed by atoms with E-state index in [2.05, 4.69) is 20.6 Å². The number of carbonyl (C=O) groups excluding carboxylic acids is 2. The van der Waals surface area contributed by atoms with Gasteiger partial charge in [0.25, 0.3) is 0 Å². The van der Waals surface area contributed by atoms with Gasteiger partial charge in [-0.25, -0.2) is 9.78 Å². The number of carboxylic acids is 1. The van der Waals surface area contributed by atoms with Gasteiger partial charge in [-0.2, -0.15) is 0 Å². The number of amides is 2. The molecule has 1 heterocycles. The van der Waals surface area contributed by atoms with Gasteiger partial charge in [0.05, 0.1) is 12.4 Å². The summed E-state index contributed by atoms with van der Waals surface area (Å²) in [5.74, 6) is -2.72. The van der Waals surface area contributed by atoms with E-state index >= 15 is 0 Å². The number of benzene rings is 1. The first-order valence-corrected chi connectivity index (χ1v) is 9.19. The Labute approximate surface area is 172 Å². The quantitative estimate of drug-likeness (QED) is 0.246. The van der Waals surface area contributed by atoms with E-state index in [1.54, 1.807) is 12.1 Å². The third kappa shape index (κ3) is 6.57. The number of rotatable bonds is 10. The average molecular weight is 419 g/mol. The second kappa shape index (κ2) is 10.4. The monoisotopic (exact) mass is 419 g/mol. The van der Waals surface area contributed by atoms with E-state index in [-0.39, 0.29) is 18.6 Å². The largest absolute Gasteiger partial charge is 0.508 e. The maximum Gasteiger partial charge on any atom is 0.326 e. The summed E-state index contributed by atoms with van der Waals surface area (Å²) in [7, 11) is 0. The molecule has 1 aromatic carbocycles. The highest BCUT2D eigenvalue weighted by Gasteiger charge is 2.29. The van der Waals surface area contributed by atoms with Crippen molar-refractivity contribution in [3.8, 4) is 5.75 Å². The summed E-state index contributed by atoms with van der Waals surface area (Å²) >= 11 is 0. The summed E-state index contributed by atoms with van der Waals surface area (Å²) < 4.78 is 0. The van der Waals surface area contributed by atoms with E-state index in [1.165, 1.54) is 31.6 Å². The Morgan fingerprint density at radius 3 is 2.27 bits per heavy atom. The fraction of sp³-hybridized carbons (Fsp3) is 0.368. The van der Waals surface area contributed by atoms with Gasteiger partial charge in [-0.3, -0.25) is 9.59 Å². The van der Waals surface area contributed by atoms with Gasteiger partial charge < -0.3 is 36.7 Å². The predicted octanol–water partition coefficient (Wildman–Crippen LogP) is -1.34. The van der Waals surface area contributed by atoms with E-state index in [1.807, 2.05) is 0 Å². The number of imidazole rings is 1. The molecule has 2 aromatic rings. The third-order valence-corrected chi connectivity index (χ3v) is 4.43. The number of carbonyl (C=O) groups is 3. The Kier molecular flexibility index (Phi) is 7.90. The van der Waals surface area contributed by atoms with Crippen LogP contribution >= 0.6 is 0 Å². The molecule has 11 nitrogen and oxygen atoms in total. The normalized spacial score (nSPS) is 14.9. The number of aliphatic carboxylic acids is 1. The van der Waals surface area contributed by atoms with Crippen LogP contribution in [-0.2, 0) is 27.2 Å². The Bertz CT molecular complexity index is 853. The molecule has 0 radical (unpaired) electrons. The van der Waals surface area contributed by atoms with Crippen LogP contribution in [0, 0.1) is 0 Å². The van der Waals surface area contributed by atoms with Crippen molar-refractivity contribution in [1.82, 2.24) is 20.6 Å². The Morgan fingerprint density at radius 2 is 1.73 bits per heavy atom. The lowest BCUT2D eigenvalue weighted by molar-refractivity contribution is -0.142. The van der Waals surface area contributed by atoms with Gasteiger partial charge in [0.1, 0.15) is 23.9 Å². The second-order valence-electron chi connectivity index (χ2n) is 6.88. The average Bonchev–Trinajstić information content (AvgIpc) is 3.20. The highest BCUT2D eigenvalue weighted by atomic mass is 16.4. The molecule has 0 saturated carbocycles. The molecule has 30 heavy (non-hydrogen) atoms. The van der Waals surface area contributed by atoms with E-state index in [0.29, 0.717) is 11.3 Å². The first-order valence-electron chi connectivity index (χ1n) is 9.19. The summed E-state index contributed by atoms with van der Waals surface area (Å²) in [5.41, 5.74) is 6.75. The van der Waals surface area contributed by atoms with Gasteiger partial charge in [-0.1, -0.05) is 12.1 Å². The number of aromatic nitrogens is 2. The minimum absolute atomic E-state index is 0.0147. The summed E-state index contributed by atoms with van der Waals surface area (Å²) in [6.07, 6.45) is 1.67. The predicted molar refractivity (Wildman–Crippen MR) is 105 cm³/mol. The molecule has 1 aromatic heterocycles. The van der Waals surface area contributed by atoms with Crippen molar-refractivity contribution in [3.63, 3.8) is 0 Å². The van der Waals surface area contributed by atoms with E-state index in [0.717, 1.165) is 0 Å². The van der Waals surface area contributed by atoms with Gasteiger partial charge in [0.2, 0.25) is 11.8 Å². The lowest BCUT2D eigenvalue weighted by Crippen LogP contribution is -2.57. The number of carboxylic acid groups (broad SMARTS) is 1. The van der Waals surface area contributed by atoms with Crippen molar-refractivity contribution in [2.45, 2.75) is 44.0 Å². The molecule has 162 valence electrons. The minimum Gasteiger partial charge on any atom is -0.508 e. The molecule has 4 atom stereocenters. The number of aliphatic hydroxyl groups is 1. The lowest BCUT2D eigenvalue weighted by atomic mass is 10.0. The zero-order valence-electron chi connectivity index (χ0n) is 16.3. The maximum atomic E-state index is 12.8. The maximum absolute atomic E-state index is 12.8. The molecule has 11 heteroatoms. The Hall–Kier alpha value is -3.44. The van der Waals surface area contributed by atoms with Crippen LogP contribution in [0.15, 0.2) is 36.8 Å². The summed E-state index contributed by atoms with van der Waals surface area (Å²) in [6.45, 7) is 1.34. The first-order chi connectivity index (χ1) is 14.2. The number of phenols is 1. The fourth-order valence-electron chi connectivity index (χ4n) is 2.65. The number of hydrogen-bond acceptors (Lipinski definition) is 7. The highest BCUT2D eigenvalue weighted by molar-refractivity contribution is 5.92. The number of nitrogens with one attached hydrogen (secondary N) is 3. The molecule has 0 spiro atoms. The topological polar surface area (TPSA) is 191 Å². The summed E-state index contributed by atoms with van der Waals surface area (Å²) in [4.78, 5) is 43.3. The molecule has 0 saturated heterocycles. The van der Waals surface area contributed by atoms with Crippen molar-refractivity contribution in [2.24, 2.45) is 5.73 Å². The van der Waals surface area contributed by atoms with Crippen LogP contribution in [0.1, 0.15) is 18.2 Å². The molecule has 8 N–H and O–H groups in total. The summed E-state index contributed by atoms with van der Waals surface area (Å²) in [5, 5.41) is 33.2. The van der Waals surface area contributed by atoms with Crippen LogP contribution in [0.3, 0.4) is 0 Å². The number of H-pyrrole nitrogens is 1. The van der Waals surface area contributed by atoms with Gasteiger partial charge in [0, 0.05) is 24.7 Å². The van der Waals surface area contributed by atoms with Crippen LogP contribution < -0.4 is 16.4 Å². The Morgan fingerprint density at radius 1 is 1.10 bits per heavy atom. The molecule has 0 aliphatic heterocycles. The van der Waals surface area contributed by atoms with E-state index in [9.17, 15) is 29.7 Å². The first kappa shape index (κ1) is 22.8. The van der Waals surface area contributed by atoms with Crippen LogP contribution in [0.2, 0.25) is 0 Å². The molecule has 2 amide bonds. The van der Waals surface area contributed by atoms with Crippen molar-refractivity contribution in [3.05, 3.63) is 48.0 Å². The standard InChI is InChI=1S/C19H25N5O6/c1-10(25)16(20)18(28)23-14(6-11-2-4-13(26)5-3-11)17(27)24-15(19(29)30)7-12-8-21-9-22-12/h2-5,8-10,14-16,25-26H,6-7,20H2,1H3,(H,21,22)(H,23,28)(H,24,27)(H,29,30). The van der Waals surface area contributed by atoms with E-state index < -0.39 is 42.0 Å². The van der Waals surface area contributed by atoms with Gasteiger partial charge in [0.15, 0.2) is 0 Å². The summed E-state index contributed by atoms with van der Waals surface area (Å²) in [6, 6.07) is 2.29. The number of aliphatic hydroxyl groups excluding tert-OH is 1. The van der Waals surface area contributed by atoms with Crippen LogP contribution in [0.5, 0.6) is 5.75 Å². The smallest absolute Gasteiger partial charge is 0.326 e. The second-order valence-corrected chi connectivity index (χ2v) is 6.88. The number of aromatic hydroxyl groups is 1. The zero-order chi connectivity index (χ0) is 22.3. The molecule has 0 aliphatic carbocycles. The molecule has 2 rings (SSSR count). The van der Waals surface area contributed by atoms with Crippen molar-refractivity contribution >= 4 is 17.8 Å². The SMILES string of the molecule is CC(O)C(N)C(=O)NC(Cc1ccc(O)cc1)C(=O)NC(Cc1cnc[nH]1)C(=O)O. The molecular weight excluding hydrogens is 394 g/mol. The van der Waals surface area contributed by atoms with Crippen molar-refractivity contribution < 1.29 is 29.7 Å². The number of nitrogens with zero attached hydrogens (tertiary/aromatic N) is 1. The Balaban J connectivity index is 2.17. The number of aromatic amines is 1. The highest BCUT2D eigenvalue weighted by Crippen LogP contribution is 2.12. The molecule has 0 fully saturated rings. The molecular formula is C19H25N5O6. The number of phenolic OH excluding ortho intramolecular Hbond substituents is 1. The minimum atomic E-state index is -1.26. The van der Waals surface area contributed by atoms with Gasteiger partial charge in [-0.05, 0) is 24.6 Å². The third-order valence-electron chi connectivity index (χ3n) is 4.43. The van der Waals surface area contributed by atoms with E-state index in [4.69, 9.17) is 5.73 Å². The van der Waals surface area contributed by atoms with Crippen LogP contribution in [0.25, 0.3) is 0 Å². The molecule has 0 bridgehead atoms. The van der Waals surface area contributed by atoms with Crippen LogP contribution in [-0.4, -0.2) is 67.3 Å². The lowest BCUT2D eigenvalue weighted by Gasteiger charge is -2.23.